The molecule has 2 rings (SSSR count). The average Bonchev–Trinajstić information content (AvgIpc) is 2.84. The number of aromatic nitrogens is 4. The van der Waals surface area contributed by atoms with Gasteiger partial charge in [0, 0.05) is 6.42 Å². The number of carboxylic acids is 1. The minimum atomic E-state index is -0.803. The third-order valence-corrected chi connectivity index (χ3v) is 4.22. The lowest BCUT2D eigenvalue weighted by molar-refractivity contribution is -0.138. The van der Waals surface area contributed by atoms with Crippen molar-refractivity contribution in [2.45, 2.75) is 64.8 Å². The lowest BCUT2D eigenvalue weighted by atomic mass is 9.86. The summed E-state index contributed by atoms with van der Waals surface area (Å²) >= 11 is 0. The molecule has 1 unspecified atom stereocenters. The molecule has 1 heterocycles. The Balaban J connectivity index is 2.10. The quantitative estimate of drug-likeness (QED) is 0.865. The van der Waals surface area contributed by atoms with Crippen molar-refractivity contribution in [3.8, 4) is 0 Å². The third kappa shape index (κ3) is 3.77. The molecule has 0 amide bonds. The number of rotatable bonds is 6. The maximum absolute atomic E-state index is 11.0. The molecule has 0 saturated heterocycles. The molecule has 1 saturated carbocycles. The topological polar surface area (TPSA) is 80.9 Å². The molecule has 1 N–H and O–H groups in total. The number of hydrogen-bond acceptors (Lipinski definition) is 4. The van der Waals surface area contributed by atoms with Crippen LogP contribution in [0.3, 0.4) is 0 Å². The highest BCUT2D eigenvalue weighted by Gasteiger charge is 2.25. The zero-order valence-electron chi connectivity index (χ0n) is 12.3. The first kappa shape index (κ1) is 14.9. The van der Waals surface area contributed by atoms with E-state index in [4.69, 9.17) is 5.11 Å². The molecule has 1 fully saturated rings. The van der Waals surface area contributed by atoms with Gasteiger partial charge < -0.3 is 5.11 Å². The number of carboxylic acid groups (broad SMARTS) is 1. The molecule has 0 aliphatic heterocycles. The summed E-state index contributed by atoms with van der Waals surface area (Å²) in [6.45, 7) is 4.03. The van der Waals surface area contributed by atoms with Crippen LogP contribution in [0.25, 0.3) is 0 Å². The highest BCUT2D eigenvalue weighted by Crippen LogP contribution is 2.28. The van der Waals surface area contributed by atoms with Crippen molar-refractivity contribution in [1.82, 2.24) is 20.2 Å². The first-order valence-electron chi connectivity index (χ1n) is 7.56. The zero-order chi connectivity index (χ0) is 14.5. The second-order valence-corrected chi connectivity index (χ2v) is 6.16. The van der Waals surface area contributed by atoms with Crippen molar-refractivity contribution in [2.24, 2.45) is 11.8 Å². The minimum absolute atomic E-state index is 0.0698. The van der Waals surface area contributed by atoms with Crippen molar-refractivity contribution < 1.29 is 9.90 Å². The van der Waals surface area contributed by atoms with Gasteiger partial charge in [-0.2, -0.15) is 0 Å². The van der Waals surface area contributed by atoms with Gasteiger partial charge in [0.1, 0.15) is 0 Å². The van der Waals surface area contributed by atoms with Crippen LogP contribution in [0.2, 0.25) is 0 Å². The van der Waals surface area contributed by atoms with Crippen LogP contribution in [-0.4, -0.2) is 31.3 Å². The predicted octanol–water partition coefficient (Wildman–Crippen LogP) is 2.47. The third-order valence-electron chi connectivity index (χ3n) is 4.22. The molecule has 1 atom stereocenters. The largest absolute Gasteiger partial charge is 0.481 e. The van der Waals surface area contributed by atoms with Gasteiger partial charge in [-0.05, 0) is 22.3 Å². The summed E-state index contributed by atoms with van der Waals surface area (Å²) in [5.74, 6) is 0.880. The molecule has 20 heavy (non-hydrogen) atoms. The number of nitrogens with zero attached hydrogens (tertiary/aromatic N) is 4. The molecule has 0 spiro atoms. The molecule has 1 aliphatic rings. The van der Waals surface area contributed by atoms with Gasteiger partial charge in [-0.3, -0.25) is 4.79 Å². The Kier molecular flexibility index (Phi) is 5.09. The van der Waals surface area contributed by atoms with E-state index in [1.54, 1.807) is 4.68 Å². The summed E-state index contributed by atoms with van der Waals surface area (Å²) in [5.41, 5.74) is 0. The Morgan fingerprint density at radius 3 is 2.65 bits per heavy atom. The molecule has 1 aromatic rings. The highest BCUT2D eigenvalue weighted by molar-refractivity contribution is 5.67. The Morgan fingerprint density at radius 2 is 2.05 bits per heavy atom. The predicted molar refractivity (Wildman–Crippen MR) is 74.2 cm³/mol. The number of hydrogen-bond donors (Lipinski definition) is 1. The fourth-order valence-corrected chi connectivity index (χ4v) is 3.04. The number of carbonyl (C=O) groups is 1. The summed E-state index contributed by atoms with van der Waals surface area (Å²) in [6, 6.07) is -0.166. The lowest BCUT2D eigenvalue weighted by Gasteiger charge is -2.23. The van der Waals surface area contributed by atoms with Crippen LogP contribution < -0.4 is 0 Å². The second-order valence-electron chi connectivity index (χ2n) is 6.16. The van der Waals surface area contributed by atoms with Gasteiger partial charge in [-0.15, -0.1) is 5.10 Å². The average molecular weight is 280 g/mol. The van der Waals surface area contributed by atoms with Gasteiger partial charge in [-0.1, -0.05) is 46.0 Å². The van der Waals surface area contributed by atoms with E-state index in [-0.39, 0.29) is 18.4 Å². The fraction of sp³-hybridized carbons (Fsp3) is 0.857. The lowest BCUT2D eigenvalue weighted by Crippen LogP contribution is -2.23. The highest BCUT2D eigenvalue weighted by atomic mass is 16.4. The first-order chi connectivity index (χ1) is 9.58. The van der Waals surface area contributed by atoms with Gasteiger partial charge in [0.25, 0.3) is 0 Å². The van der Waals surface area contributed by atoms with Crippen LogP contribution >= 0.6 is 0 Å². The summed E-state index contributed by atoms with van der Waals surface area (Å²) in [6.07, 6.45) is 7.31. The molecular weight excluding hydrogens is 256 g/mol. The Bertz CT molecular complexity index is 438. The molecule has 0 radical (unpaired) electrons. The molecular formula is C14H24N4O2. The van der Waals surface area contributed by atoms with Crippen molar-refractivity contribution in [3.63, 3.8) is 0 Å². The van der Waals surface area contributed by atoms with Crippen LogP contribution in [0.1, 0.15) is 64.2 Å². The fourth-order valence-electron chi connectivity index (χ4n) is 3.04. The van der Waals surface area contributed by atoms with Gasteiger partial charge in [-0.25, -0.2) is 4.68 Å². The Labute approximate surface area is 119 Å². The summed E-state index contributed by atoms with van der Waals surface area (Å²) in [4.78, 5) is 11.0. The minimum Gasteiger partial charge on any atom is -0.481 e. The molecule has 0 bridgehead atoms. The Hall–Kier alpha value is -1.46. The van der Waals surface area contributed by atoms with Crippen LogP contribution in [0.15, 0.2) is 0 Å². The molecule has 6 heteroatoms. The molecule has 1 aliphatic carbocycles. The van der Waals surface area contributed by atoms with Crippen LogP contribution in [0, 0.1) is 11.8 Å². The van der Waals surface area contributed by atoms with Crippen LogP contribution in [-0.2, 0) is 11.2 Å². The van der Waals surface area contributed by atoms with E-state index in [0.717, 1.165) is 12.2 Å². The normalized spacial score (nSPS) is 18.4. The summed E-state index contributed by atoms with van der Waals surface area (Å²) in [7, 11) is 0. The molecule has 0 aromatic carbocycles. The maximum Gasteiger partial charge on any atom is 0.305 e. The standard InChI is InChI=1S/C14H24N4O2/c1-10(2)12(9-14(19)20)18-13(15-16-17-18)8-11-6-4-3-5-7-11/h10-12H,3-9H2,1-2H3,(H,19,20). The van der Waals surface area contributed by atoms with E-state index >= 15 is 0 Å². The zero-order valence-corrected chi connectivity index (χ0v) is 12.3. The Morgan fingerprint density at radius 1 is 1.35 bits per heavy atom. The summed E-state index contributed by atoms with van der Waals surface area (Å²) < 4.78 is 1.74. The van der Waals surface area contributed by atoms with Crippen LogP contribution in [0.4, 0.5) is 0 Å². The van der Waals surface area contributed by atoms with E-state index in [1.165, 1.54) is 32.1 Å². The number of aliphatic carboxylic acids is 1. The first-order valence-corrected chi connectivity index (χ1v) is 7.56. The van der Waals surface area contributed by atoms with Crippen molar-refractivity contribution in [1.29, 1.82) is 0 Å². The van der Waals surface area contributed by atoms with E-state index in [1.807, 2.05) is 13.8 Å². The summed E-state index contributed by atoms with van der Waals surface area (Å²) in [5, 5.41) is 21.0. The molecule has 6 nitrogen and oxygen atoms in total. The van der Waals surface area contributed by atoms with E-state index in [0.29, 0.717) is 5.92 Å². The van der Waals surface area contributed by atoms with Crippen molar-refractivity contribution >= 4 is 5.97 Å². The monoisotopic (exact) mass is 280 g/mol. The van der Waals surface area contributed by atoms with Gasteiger partial charge >= 0.3 is 5.97 Å². The smallest absolute Gasteiger partial charge is 0.305 e. The number of tetrazole rings is 1. The van der Waals surface area contributed by atoms with Gasteiger partial charge in [0.2, 0.25) is 0 Å². The van der Waals surface area contributed by atoms with E-state index < -0.39 is 5.97 Å². The second kappa shape index (κ2) is 6.81. The van der Waals surface area contributed by atoms with Crippen LogP contribution in [0.5, 0.6) is 0 Å². The van der Waals surface area contributed by atoms with E-state index in [2.05, 4.69) is 15.5 Å². The maximum atomic E-state index is 11.0. The van der Waals surface area contributed by atoms with E-state index in [9.17, 15) is 4.79 Å². The van der Waals surface area contributed by atoms with Gasteiger partial charge in [0.15, 0.2) is 5.82 Å². The van der Waals surface area contributed by atoms with Crippen molar-refractivity contribution in [3.05, 3.63) is 5.82 Å². The molecule has 1 aromatic heterocycles. The van der Waals surface area contributed by atoms with Gasteiger partial charge in [0.05, 0.1) is 12.5 Å². The SMILES string of the molecule is CC(C)C(CC(=O)O)n1nnnc1CC1CCCCC1. The van der Waals surface area contributed by atoms with Crippen molar-refractivity contribution in [2.75, 3.05) is 0 Å². The molecule has 112 valence electrons.